The Labute approximate surface area is 192 Å². The van der Waals surface area contributed by atoms with Crippen molar-refractivity contribution in [3.05, 3.63) is 35.7 Å². The third-order valence-corrected chi connectivity index (χ3v) is 9.67. The van der Waals surface area contributed by atoms with Gasteiger partial charge in [0, 0.05) is 7.05 Å². The number of sulfonamides is 1. The smallest absolute Gasteiger partial charge is 0.268 e. The number of carbonyl (C=O) groups excluding carboxylic acids is 1. The van der Waals surface area contributed by atoms with Crippen LogP contribution in [0.25, 0.3) is 0 Å². The van der Waals surface area contributed by atoms with Gasteiger partial charge in [-0.2, -0.15) is 5.10 Å². The monoisotopic (exact) mass is 504 g/mol. The average molecular weight is 505 g/mol. The van der Waals surface area contributed by atoms with Gasteiger partial charge in [0.25, 0.3) is 10.0 Å². The molecule has 2 unspecified atom stereocenters. The summed E-state index contributed by atoms with van der Waals surface area (Å²) < 4.78 is 58.4. The maximum atomic E-state index is 13.6. The number of carbonyl (C=O) groups is 1. The molecule has 1 fully saturated rings. The van der Waals surface area contributed by atoms with Gasteiger partial charge in [-0.3, -0.25) is 13.8 Å². The highest BCUT2D eigenvalue weighted by Crippen LogP contribution is 2.29. The number of nitrogens with one attached hydrogen (secondary N) is 1. The number of methoxy groups -OCH3 is 1. The van der Waals surface area contributed by atoms with Gasteiger partial charge in [0.15, 0.2) is 9.84 Å². The van der Waals surface area contributed by atoms with E-state index >= 15 is 0 Å². The first-order valence-corrected chi connectivity index (χ1v) is 13.4. The third-order valence-electron chi connectivity index (χ3n) is 5.27. The Bertz CT molecular complexity index is 1230. The quantitative estimate of drug-likeness (QED) is 0.551. The average Bonchev–Trinajstić information content (AvgIpc) is 3.12. The van der Waals surface area contributed by atoms with Crippen LogP contribution in [0.2, 0.25) is 0 Å². The molecule has 1 N–H and O–H groups in total. The lowest BCUT2D eigenvalue weighted by Gasteiger charge is -2.25. The summed E-state index contributed by atoms with van der Waals surface area (Å²) in [7, 11) is -4.43. The zero-order valence-corrected chi connectivity index (χ0v) is 20.5. The Balaban J connectivity index is 1.96. The van der Waals surface area contributed by atoms with Crippen molar-refractivity contribution in [2.45, 2.75) is 30.2 Å². The molecule has 2 heterocycles. The summed E-state index contributed by atoms with van der Waals surface area (Å²) in [5.74, 6) is -0.682. The van der Waals surface area contributed by atoms with E-state index in [0.29, 0.717) is 17.1 Å². The van der Waals surface area contributed by atoms with Crippen molar-refractivity contribution in [1.82, 2.24) is 15.1 Å². The number of amides is 1. The van der Waals surface area contributed by atoms with Crippen LogP contribution in [0.3, 0.4) is 0 Å². The Morgan fingerprint density at radius 1 is 1.28 bits per heavy atom. The van der Waals surface area contributed by atoms with Crippen molar-refractivity contribution < 1.29 is 26.4 Å². The highest BCUT2D eigenvalue weighted by molar-refractivity contribution is 7.93. The topological polar surface area (TPSA) is 128 Å². The lowest BCUT2D eigenvalue weighted by Crippen LogP contribution is -2.47. The molecule has 2 atom stereocenters. The molecule has 1 amide bonds. The van der Waals surface area contributed by atoms with Crippen molar-refractivity contribution >= 4 is 43.1 Å². The molecule has 0 saturated carbocycles. The molecule has 10 nitrogen and oxygen atoms in total. The maximum Gasteiger partial charge on any atom is 0.268 e. The summed E-state index contributed by atoms with van der Waals surface area (Å²) in [6, 6.07) is 5.41. The van der Waals surface area contributed by atoms with E-state index in [0.717, 1.165) is 4.31 Å². The first-order chi connectivity index (χ1) is 14.9. The van der Waals surface area contributed by atoms with Gasteiger partial charge in [-0.25, -0.2) is 16.8 Å². The first kappa shape index (κ1) is 24.3. The number of ether oxygens (including phenoxy) is 1. The summed E-state index contributed by atoms with van der Waals surface area (Å²) >= 11 is 6.07. The second kappa shape index (κ2) is 8.91. The number of benzene rings is 1. The molecule has 1 aliphatic rings. The number of nitrogens with zero attached hydrogens (tertiary/aromatic N) is 3. The van der Waals surface area contributed by atoms with E-state index in [2.05, 4.69) is 10.4 Å². The summed E-state index contributed by atoms with van der Waals surface area (Å²) in [5, 5.41) is 5.96. The predicted octanol–water partition coefficient (Wildman–Crippen LogP) is 0.761. The highest BCUT2D eigenvalue weighted by atomic mass is 35.5. The van der Waals surface area contributed by atoms with Gasteiger partial charge in [-0.05, 0) is 38.1 Å². The number of anilines is 1. The number of aryl methyl sites for hydroxylation is 2. The van der Waals surface area contributed by atoms with E-state index in [9.17, 15) is 21.6 Å². The molecule has 176 valence electrons. The van der Waals surface area contributed by atoms with Crippen LogP contribution in [-0.4, -0.2) is 69.1 Å². The number of hydrogen-bond donors (Lipinski definition) is 1. The fraction of sp³-hybridized carbons (Fsp3) is 0.474. The van der Waals surface area contributed by atoms with E-state index < -0.39 is 43.7 Å². The minimum atomic E-state index is -4.18. The number of rotatable bonds is 7. The predicted molar refractivity (Wildman–Crippen MR) is 120 cm³/mol. The Morgan fingerprint density at radius 3 is 2.38 bits per heavy atom. The van der Waals surface area contributed by atoms with Gasteiger partial charge in [0.05, 0.1) is 47.1 Å². The number of alkyl halides is 1. The van der Waals surface area contributed by atoms with Crippen molar-refractivity contribution in [3.8, 4) is 5.75 Å². The van der Waals surface area contributed by atoms with E-state index in [4.69, 9.17) is 16.3 Å². The van der Waals surface area contributed by atoms with Crippen molar-refractivity contribution in [2.24, 2.45) is 7.05 Å². The standard InChI is InChI=1S/C19H25ClN4O6S2/c1-12-19(13(2)23(3)22-12)32(28,29)24(14-5-7-15(30-4)8-6-14)9-18(25)21-17-11-31(26,27)10-16(17)20/h5-8,16-17H,9-11H2,1-4H3,(H,21,25). The fourth-order valence-corrected chi connectivity index (χ4v) is 8.00. The lowest BCUT2D eigenvalue weighted by molar-refractivity contribution is -0.120. The van der Waals surface area contributed by atoms with Crippen LogP contribution < -0.4 is 14.4 Å². The minimum absolute atomic E-state index is 0.00211. The first-order valence-electron chi connectivity index (χ1n) is 9.66. The molecule has 32 heavy (non-hydrogen) atoms. The molecule has 0 spiro atoms. The highest BCUT2D eigenvalue weighted by Gasteiger charge is 2.38. The van der Waals surface area contributed by atoms with Gasteiger partial charge >= 0.3 is 0 Å². The molecule has 1 saturated heterocycles. The van der Waals surface area contributed by atoms with Crippen LogP contribution in [-0.2, 0) is 31.7 Å². The Kier molecular flexibility index (Phi) is 6.78. The normalized spacial score (nSPS) is 20.2. The van der Waals surface area contributed by atoms with Gasteiger partial charge in [0.2, 0.25) is 5.91 Å². The van der Waals surface area contributed by atoms with Crippen LogP contribution in [0.4, 0.5) is 5.69 Å². The summed E-state index contributed by atoms with van der Waals surface area (Å²) in [6.07, 6.45) is 0. The number of sulfone groups is 1. The lowest BCUT2D eigenvalue weighted by atomic mass is 10.2. The molecule has 2 aromatic rings. The SMILES string of the molecule is COc1ccc(N(CC(=O)NC2CS(=O)(=O)CC2Cl)S(=O)(=O)c2c(C)nn(C)c2C)cc1. The van der Waals surface area contributed by atoms with Crippen molar-refractivity contribution in [3.63, 3.8) is 0 Å². The van der Waals surface area contributed by atoms with Gasteiger partial charge < -0.3 is 10.1 Å². The molecule has 1 aromatic heterocycles. The zero-order valence-electron chi connectivity index (χ0n) is 18.1. The summed E-state index contributed by atoms with van der Waals surface area (Å²) in [4.78, 5) is 12.8. The molecule has 0 bridgehead atoms. The largest absolute Gasteiger partial charge is 0.497 e. The van der Waals surface area contributed by atoms with Crippen LogP contribution in [0, 0.1) is 13.8 Å². The van der Waals surface area contributed by atoms with Crippen molar-refractivity contribution in [1.29, 1.82) is 0 Å². The van der Waals surface area contributed by atoms with Crippen LogP contribution in [0.1, 0.15) is 11.4 Å². The van der Waals surface area contributed by atoms with E-state index in [1.165, 1.54) is 23.9 Å². The van der Waals surface area contributed by atoms with E-state index in [1.54, 1.807) is 33.0 Å². The van der Waals surface area contributed by atoms with Gasteiger partial charge in [-0.1, -0.05) is 0 Å². The molecule has 13 heteroatoms. The van der Waals surface area contributed by atoms with Crippen LogP contribution in [0.15, 0.2) is 29.2 Å². The molecule has 1 aromatic carbocycles. The number of aromatic nitrogens is 2. The Morgan fingerprint density at radius 2 is 1.91 bits per heavy atom. The molecule has 0 radical (unpaired) electrons. The molecule has 1 aliphatic heterocycles. The number of halogens is 1. The van der Waals surface area contributed by atoms with Gasteiger partial charge in [0.1, 0.15) is 17.2 Å². The number of hydrogen-bond acceptors (Lipinski definition) is 7. The minimum Gasteiger partial charge on any atom is -0.497 e. The van der Waals surface area contributed by atoms with E-state index in [-0.39, 0.29) is 22.1 Å². The zero-order chi connectivity index (χ0) is 23.8. The second-order valence-electron chi connectivity index (χ2n) is 7.60. The van der Waals surface area contributed by atoms with Crippen LogP contribution in [0.5, 0.6) is 5.75 Å². The summed E-state index contributed by atoms with van der Waals surface area (Å²) in [5.41, 5.74) is 0.959. The molecular formula is C19H25ClN4O6S2. The molecular weight excluding hydrogens is 480 g/mol. The Hall–Kier alpha value is -2.31. The van der Waals surface area contributed by atoms with Crippen LogP contribution >= 0.6 is 11.6 Å². The second-order valence-corrected chi connectivity index (χ2v) is 12.1. The summed E-state index contributed by atoms with van der Waals surface area (Å²) in [6.45, 7) is 2.64. The van der Waals surface area contributed by atoms with E-state index in [1.807, 2.05) is 0 Å². The third kappa shape index (κ3) is 4.86. The molecule has 0 aliphatic carbocycles. The maximum absolute atomic E-state index is 13.6. The van der Waals surface area contributed by atoms with Crippen molar-refractivity contribution in [2.75, 3.05) is 29.5 Å². The molecule has 3 rings (SSSR count). The van der Waals surface area contributed by atoms with Gasteiger partial charge in [-0.15, -0.1) is 11.6 Å². The fourth-order valence-electron chi connectivity index (χ4n) is 3.62.